The van der Waals surface area contributed by atoms with Crippen molar-refractivity contribution in [1.29, 1.82) is 0 Å². The number of carbonyl (C=O) groups excluding carboxylic acids is 2. The molecule has 174 valence electrons. The molecular weight excluding hydrogens is 438 g/mol. The molecule has 4 saturated carbocycles. The van der Waals surface area contributed by atoms with Gasteiger partial charge in [-0.1, -0.05) is 24.3 Å². The summed E-state index contributed by atoms with van der Waals surface area (Å²) in [5.41, 5.74) is 5.67. The predicted molar refractivity (Wildman–Crippen MR) is 125 cm³/mol. The van der Waals surface area contributed by atoms with E-state index >= 15 is 0 Å². The van der Waals surface area contributed by atoms with Gasteiger partial charge in [-0.15, -0.1) is 0 Å². The van der Waals surface area contributed by atoms with Crippen molar-refractivity contribution in [3.8, 4) is 0 Å². The first-order valence-corrected chi connectivity index (χ1v) is 13.1. The van der Waals surface area contributed by atoms with E-state index in [1.54, 1.807) is 36.4 Å². The number of carbonyl (C=O) groups is 2. The van der Waals surface area contributed by atoms with Gasteiger partial charge in [0.05, 0.1) is 4.90 Å². The minimum Gasteiger partial charge on any atom is -0.280 e. The summed E-state index contributed by atoms with van der Waals surface area (Å²) in [6.45, 7) is 0. The van der Waals surface area contributed by atoms with Crippen LogP contribution in [0.4, 0.5) is 5.69 Å². The van der Waals surface area contributed by atoms with Crippen molar-refractivity contribution in [3.63, 3.8) is 0 Å². The van der Waals surface area contributed by atoms with Crippen LogP contribution in [-0.4, -0.2) is 20.2 Å². The van der Waals surface area contributed by atoms with Crippen LogP contribution < -0.4 is 15.6 Å². The quantitative estimate of drug-likeness (QED) is 0.561. The summed E-state index contributed by atoms with van der Waals surface area (Å²) in [6.07, 6.45) is 7.80. The average Bonchev–Trinajstić information content (AvgIpc) is 2.77. The van der Waals surface area contributed by atoms with Gasteiger partial charge < -0.3 is 0 Å². The van der Waals surface area contributed by atoms with Gasteiger partial charge in [0.2, 0.25) is 5.91 Å². The largest absolute Gasteiger partial charge is 0.280 e. The van der Waals surface area contributed by atoms with E-state index in [1.165, 1.54) is 37.5 Å². The number of nitrogens with one attached hydrogen (secondary N) is 3. The van der Waals surface area contributed by atoms with Gasteiger partial charge in [-0.2, -0.15) is 0 Å². The molecule has 4 aliphatic carbocycles. The molecule has 4 aliphatic rings. The zero-order chi connectivity index (χ0) is 23.1. The molecular formula is C25H29N3O4S. The standard InChI is InChI=1S/C25H29N3O4S/c29-23(16-25-13-17-9-18(14-25)11-19(10-17)15-25)26-27-24(30)20-5-4-6-21(12-20)28-33(31,32)22-7-2-1-3-8-22/h1-8,12,17-19,28H,9-11,13-16H2,(H,26,29)(H,27,30). The van der Waals surface area contributed by atoms with Gasteiger partial charge in [0.15, 0.2) is 0 Å². The van der Waals surface area contributed by atoms with Crippen molar-refractivity contribution in [2.24, 2.45) is 23.2 Å². The Morgan fingerprint density at radius 1 is 0.848 bits per heavy atom. The number of benzene rings is 2. The van der Waals surface area contributed by atoms with E-state index in [1.807, 2.05) is 0 Å². The highest BCUT2D eigenvalue weighted by Gasteiger charge is 2.51. The lowest BCUT2D eigenvalue weighted by Gasteiger charge is -2.56. The van der Waals surface area contributed by atoms with Crippen LogP contribution in [-0.2, 0) is 14.8 Å². The molecule has 2 aromatic rings. The van der Waals surface area contributed by atoms with Gasteiger partial charge >= 0.3 is 0 Å². The third-order valence-corrected chi connectivity index (χ3v) is 8.84. The monoisotopic (exact) mass is 467 g/mol. The van der Waals surface area contributed by atoms with Crippen molar-refractivity contribution in [1.82, 2.24) is 10.9 Å². The number of rotatable bonds is 6. The van der Waals surface area contributed by atoms with Gasteiger partial charge in [-0.05, 0) is 92.0 Å². The summed E-state index contributed by atoms with van der Waals surface area (Å²) in [5, 5.41) is 0. The van der Waals surface area contributed by atoms with E-state index in [0.717, 1.165) is 37.0 Å². The maximum Gasteiger partial charge on any atom is 0.269 e. The molecule has 8 heteroatoms. The molecule has 3 N–H and O–H groups in total. The van der Waals surface area contributed by atoms with Crippen molar-refractivity contribution in [2.45, 2.75) is 49.8 Å². The van der Waals surface area contributed by atoms with Crippen LogP contribution in [0.15, 0.2) is 59.5 Å². The minimum atomic E-state index is -3.76. The van der Waals surface area contributed by atoms with E-state index < -0.39 is 15.9 Å². The van der Waals surface area contributed by atoms with Gasteiger partial charge in [-0.3, -0.25) is 25.2 Å². The van der Waals surface area contributed by atoms with Crippen molar-refractivity contribution < 1.29 is 18.0 Å². The number of hydrogen-bond acceptors (Lipinski definition) is 4. The zero-order valence-electron chi connectivity index (χ0n) is 18.4. The molecule has 7 nitrogen and oxygen atoms in total. The Morgan fingerprint density at radius 3 is 2.12 bits per heavy atom. The van der Waals surface area contributed by atoms with Crippen LogP contribution in [0.25, 0.3) is 0 Å². The Bertz CT molecular complexity index is 1130. The summed E-state index contributed by atoms with van der Waals surface area (Å²) in [7, 11) is -3.76. The molecule has 0 atom stereocenters. The van der Waals surface area contributed by atoms with Gasteiger partial charge in [0.25, 0.3) is 15.9 Å². The lowest BCUT2D eigenvalue weighted by Crippen LogP contribution is -2.50. The number of amides is 2. The number of hydrazine groups is 1. The summed E-state index contributed by atoms with van der Waals surface area (Å²) in [5.74, 6) is 1.64. The summed E-state index contributed by atoms with van der Waals surface area (Å²) >= 11 is 0. The van der Waals surface area contributed by atoms with E-state index in [0.29, 0.717) is 6.42 Å². The molecule has 0 saturated heterocycles. The Labute approximate surface area is 194 Å². The molecule has 0 radical (unpaired) electrons. The summed E-state index contributed by atoms with van der Waals surface area (Å²) in [6, 6.07) is 14.2. The molecule has 0 aromatic heterocycles. The van der Waals surface area contributed by atoms with Crippen molar-refractivity contribution >= 4 is 27.5 Å². The van der Waals surface area contributed by atoms with Crippen molar-refractivity contribution in [3.05, 3.63) is 60.2 Å². The maximum absolute atomic E-state index is 12.7. The van der Waals surface area contributed by atoms with Gasteiger partial charge in [-0.25, -0.2) is 8.42 Å². The highest BCUT2D eigenvalue weighted by molar-refractivity contribution is 7.92. The molecule has 4 bridgehead atoms. The van der Waals surface area contributed by atoms with Crippen LogP contribution in [0.5, 0.6) is 0 Å². The summed E-state index contributed by atoms with van der Waals surface area (Å²) < 4.78 is 27.5. The number of hydrogen-bond donors (Lipinski definition) is 3. The van der Waals surface area contributed by atoms with Gasteiger partial charge in [0.1, 0.15) is 0 Å². The highest BCUT2D eigenvalue weighted by Crippen LogP contribution is 2.61. The van der Waals surface area contributed by atoms with Gasteiger partial charge in [0, 0.05) is 17.7 Å². The van der Waals surface area contributed by atoms with Crippen LogP contribution in [0.3, 0.4) is 0 Å². The predicted octanol–water partition coefficient (Wildman–Crippen LogP) is 3.85. The molecule has 2 amide bonds. The van der Waals surface area contributed by atoms with Crippen molar-refractivity contribution in [2.75, 3.05) is 4.72 Å². The third-order valence-electron chi connectivity index (χ3n) is 7.45. The van der Waals surface area contributed by atoms with Crippen LogP contribution in [0.1, 0.15) is 55.3 Å². The Balaban J connectivity index is 1.18. The van der Waals surface area contributed by atoms with E-state index in [-0.39, 0.29) is 27.5 Å². The summed E-state index contributed by atoms with van der Waals surface area (Å²) in [4.78, 5) is 25.4. The topological polar surface area (TPSA) is 104 Å². The zero-order valence-corrected chi connectivity index (χ0v) is 19.2. The van der Waals surface area contributed by atoms with E-state index in [2.05, 4.69) is 15.6 Å². The lowest BCUT2D eigenvalue weighted by atomic mass is 9.49. The second kappa shape index (κ2) is 8.48. The molecule has 2 aromatic carbocycles. The minimum absolute atomic E-state index is 0.0964. The second-order valence-corrected chi connectivity index (χ2v) is 11.8. The number of sulfonamides is 1. The van der Waals surface area contributed by atoms with Crippen LogP contribution in [0.2, 0.25) is 0 Å². The Morgan fingerprint density at radius 2 is 1.48 bits per heavy atom. The molecule has 33 heavy (non-hydrogen) atoms. The molecule has 0 unspecified atom stereocenters. The van der Waals surface area contributed by atoms with E-state index in [9.17, 15) is 18.0 Å². The first-order valence-electron chi connectivity index (χ1n) is 11.6. The van der Waals surface area contributed by atoms with Crippen LogP contribution in [0, 0.1) is 23.2 Å². The fourth-order valence-corrected chi connectivity index (χ4v) is 7.70. The molecule has 6 rings (SSSR count). The molecule has 0 heterocycles. The lowest BCUT2D eigenvalue weighted by molar-refractivity contribution is -0.130. The Hall–Kier alpha value is -2.87. The highest BCUT2D eigenvalue weighted by atomic mass is 32.2. The normalized spacial score (nSPS) is 27.7. The first-order chi connectivity index (χ1) is 15.8. The third kappa shape index (κ3) is 4.76. The fraction of sp³-hybridized carbons (Fsp3) is 0.440. The SMILES string of the molecule is O=C(CC12CC3CC(CC(C3)C1)C2)NNC(=O)c1cccc(NS(=O)(=O)c2ccccc2)c1. The maximum atomic E-state index is 12.7. The Kier molecular flexibility index (Phi) is 5.64. The smallest absolute Gasteiger partial charge is 0.269 e. The molecule has 0 aliphatic heterocycles. The fourth-order valence-electron chi connectivity index (χ4n) is 6.63. The molecule has 0 spiro atoms. The van der Waals surface area contributed by atoms with Crippen LogP contribution >= 0.6 is 0 Å². The second-order valence-electron chi connectivity index (χ2n) is 10.1. The molecule has 4 fully saturated rings. The first kappa shape index (κ1) is 21.9. The number of anilines is 1. The average molecular weight is 468 g/mol. The van der Waals surface area contributed by atoms with E-state index in [4.69, 9.17) is 0 Å².